The van der Waals surface area contributed by atoms with E-state index in [0.29, 0.717) is 11.4 Å². The van der Waals surface area contributed by atoms with Crippen LogP contribution in [0.5, 0.6) is 0 Å². The summed E-state index contributed by atoms with van der Waals surface area (Å²) in [5.74, 6) is 0. The van der Waals surface area contributed by atoms with Crippen LogP contribution in [0.15, 0.2) is 65.8 Å². The fraction of sp³-hybridized carbons (Fsp3) is 0.182. The number of hydrogen-bond donors (Lipinski definition) is 0. The Labute approximate surface area is 170 Å². The van der Waals surface area contributed by atoms with E-state index in [2.05, 4.69) is 10.2 Å². The van der Waals surface area contributed by atoms with Crippen LogP contribution in [0.4, 0.5) is 0 Å². The fourth-order valence-corrected chi connectivity index (χ4v) is 4.64. The van der Waals surface area contributed by atoms with Gasteiger partial charge in [-0.2, -0.15) is 22.7 Å². The molecular formula is C22H22N4O2S. The zero-order chi connectivity index (χ0) is 20.8. The van der Waals surface area contributed by atoms with Crippen molar-refractivity contribution in [1.29, 1.82) is 0 Å². The molecular weight excluding hydrogens is 384 g/mol. The van der Waals surface area contributed by atoms with Crippen LogP contribution in [-0.2, 0) is 17.1 Å². The quantitative estimate of drug-likeness (QED) is 0.511. The van der Waals surface area contributed by atoms with E-state index in [1.54, 1.807) is 7.05 Å². The Morgan fingerprint density at radius 3 is 1.90 bits per heavy atom. The summed E-state index contributed by atoms with van der Waals surface area (Å²) in [4.78, 5) is 0.103. The highest BCUT2D eigenvalue weighted by Crippen LogP contribution is 2.34. The van der Waals surface area contributed by atoms with Gasteiger partial charge in [0.2, 0.25) is 0 Å². The van der Waals surface area contributed by atoms with Gasteiger partial charge in [-0.1, -0.05) is 59.7 Å². The molecule has 7 heteroatoms. The lowest BCUT2D eigenvalue weighted by atomic mass is 10.0. The van der Waals surface area contributed by atoms with Crippen molar-refractivity contribution in [2.45, 2.75) is 25.7 Å². The van der Waals surface area contributed by atoms with Crippen molar-refractivity contribution in [2.75, 3.05) is 0 Å². The molecule has 0 bridgehead atoms. The monoisotopic (exact) mass is 406 g/mol. The third-order valence-corrected chi connectivity index (χ3v) is 6.48. The predicted molar refractivity (Wildman–Crippen MR) is 113 cm³/mol. The normalized spacial score (nSPS) is 11.7. The number of nitrogens with zero attached hydrogens (tertiary/aromatic N) is 4. The van der Waals surface area contributed by atoms with E-state index in [1.165, 1.54) is 17.1 Å². The molecule has 2 aromatic heterocycles. The van der Waals surface area contributed by atoms with Gasteiger partial charge in [-0.05, 0) is 20.8 Å². The lowest BCUT2D eigenvalue weighted by Gasteiger charge is -2.08. The van der Waals surface area contributed by atoms with Crippen LogP contribution < -0.4 is 0 Å². The molecule has 0 fully saturated rings. The van der Waals surface area contributed by atoms with E-state index in [1.807, 2.05) is 69.3 Å². The molecule has 2 aromatic carbocycles. The van der Waals surface area contributed by atoms with Gasteiger partial charge in [0.1, 0.15) is 4.90 Å². The van der Waals surface area contributed by atoms with Crippen molar-refractivity contribution in [3.8, 4) is 22.5 Å². The zero-order valence-corrected chi connectivity index (χ0v) is 17.6. The summed E-state index contributed by atoms with van der Waals surface area (Å²) in [6.45, 7) is 5.92. The van der Waals surface area contributed by atoms with Crippen molar-refractivity contribution in [3.63, 3.8) is 0 Å². The van der Waals surface area contributed by atoms with Crippen LogP contribution in [0.2, 0.25) is 0 Å². The molecule has 29 heavy (non-hydrogen) atoms. The average Bonchev–Trinajstić information content (AvgIpc) is 3.28. The molecule has 0 spiro atoms. The largest absolute Gasteiger partial charge is 0.286 e. The number of rotatable bonds is 4. The Bertz CT molecular complexity index is 1280. The second-order valence-corrected chi connectivity index (χ2v) is 9.02. The molecule has 4 aromatic rings. The molecule has 0 aliphatic carbocycles. The number of aryl methyl sites for hydroxylation is 3. The highest BCUT2D eigenvalue weighted by Gasteiger charge is 2.28. The molecule has 0 saturated heterocycles. The van der Waals surface area contributed by atoms with Crippen molar-refractivity contribution in [3.05, 3.63) is 77.6 Å². The van der Waals surface area contributed by atoms with Gasteiger partial charge in [0, 0.05) is 29.9 Å². The third kappa shape index (κ3) is 3.38. The van der Waals surface area contributed by atoms with Crippen molar-refractivity contribution in [1.82, 2.24) is 19.0 Å². The van der Waals surface area contributed by atoms with E-state index in [-0.39, 0.29) is 4.90 Å². The minimum Gasteiger partial charge on any atom is -0.274 e. The fourth-order valence-electron chi connectivity index (χ4n) is 3.30. The highest BCUT2D eigenvalue weighted by molar-refractivity contribution is 7.90. The maximum absolute atomic E-state index is 13.4. The predicted octanol–water partition coefficient (Wildman–Crippen LogP) is 4.11. The minimum absolute atomic E-state index is 0.103. The zero-order valence-electron chi connectivity index (χ0n) is 16.8. The van der Waals surface area contributed by atoms with Crippen LogP contribution in [0.1, 0.15) is 16.7 Å². The van der Waals surface area contributed by atoms with Crippen molar-refractivity contribution >= 4 is 10.0 Å². The Balaban J connectivity index is 1.99. The summed E-state index contributed by atoms with van der Waals surface area (Å²) >= 11 is 0. The molecule has 0 radical (unpaired) electrons. The van der Waals surface area contributed by atoms with Gasteiger partial charge in [0.15, 0.2) is 0 Å². The van der Waals surface area contributed by atoms with Crippen LogP contribution in [0.25, 0.3) is 22.5 Å². The Hall–Kier alpha value is -3.19. The van der Waals surface area contributed by atoms with E-state index in [4.69, 9.17) is 0 Å². The maximum atomic E-state index is 13.4. The first-order valence-electron chi connectivity index (χ1n) is 9.25. The molecule has 2 heterocycles. The van der Waals surface area contributed by atoms with Gasteiger partial charge in [-0.25, -0.2) is 0 Å². The summed E-state index contributed by atoms with van der Waals surface area (Å²) in [5.41, 5.74) is 5.93. The minimum atomic E-state index is -3.90. The average molecular weight is 407 g/mol. The Morgan fingerprint density at radius 2 is 1.38 bits per heavy atom. The van der Waals surface area contributed by atoms with E-state index >= 15 is 0 Å². The van der Waals surface area contributed by atoms with Gasteiger partial charge in [0.25, 0.3) is 10.0 Å². The SMILES string of the molecule is Cc1ccc(-c2nn(S(=O)(=O)c3cnn(C)c3)c(-c3ccc(C)cc3)c2C)cc1. The maximum Gasteiger partial charge on any atom is 0.286 e. The smallest absolute Gasteiger partial charge is 0.274 e. The lowest BCUT2D eigenvalue weighted by molar-refractivity contribution is 0.581. The van der Waals surface area contributed by atoms with E-state index < -0.39 is 10.0 Å². The number of aromatic nitrogens is 4. The van der Waals surface area contributed by atoms with Crippen LogP contribution in [-0.4, -0.2) is 27.4 Å². The third-order valence-electron chi connectivity index (χ3n) is 4.95. The summed E-state index contributed by atoms with van der Waals surface area (Å²) in [6, 6.07) is 15.7. The molecule has 0 aliphatic heterocycles. The van der Waals surface area contributed by atoms with Crippen LogP contribution in [0, 0.1) is 20.8 Å². The topological polar surface area (TPSA) is 69.8 Å². The molecule has 0 atom stereocenters. The number of hydrogen-bond acceptors (Lipinski definition) is 4. The summed E-state index contributed by atoms with van der Waals surface area (Å²) < 4.78 is 29.4. The molecule has 4 rings (SSSR count). The van der Waals surface area contributed by atoms with Gasteiger partial charge >= 0.3 is 0 Å². The molecule has 0 aliphatic rings. The second-order valence-electron chi connectivity index (χ2n) is 7.25. The first kappa shape index (κ1) is 19.1. The van der Waals surface area contributed by atoms with Gasteiger partial charge in [-0.15, -0.1) is 0 Å². The van der Waals surface area contributed by atoms with Crippen molar-refractivity contribution < 1.29 is 8.42 Å². The molecule has 0 unspecified atom stereocenters. The highest BCUT2D eigenvalue weighted by atomic mass is 32.2. The van der Waals surface area contributed by atoms with Gasteiger partial charge in [0.05, 0.1) is 17.6 Å². The van der Waals surface area contributed by atoms with Gasteiger partial charge < -0.3 is 0 Å². The molecule has 0 saturated carbocycles. The molecule has 148 valence electrons. The summed E-state index contributed by atoms with van der Waals surface area (Å²) in [5, 5.41) is 8.57. The first-order chi connectivity index (χ1) is 13.8. The van der Waals surface area contributed by atoms with E-state index in [0.717, 1.165) is 31.9 Å². The van der Waals surface area contributed by atoms with Crippen LogP contribution >= 0.6 is 0 Å². The summed E-state index contributed by atoms with van der Waals surface area (Å²) in [6.07, 6.45) is 2.83. The first-order valence-corrected chi connectivity index (χ1v) is 10.7. The second kappa shape index (κ2) is 7.00. The standard InChI is InChI=1S/C22H22N4O2S/c1-15-5-9-18(10-6-15)21-17(3)22(19-11-7-16(2)8-12-19)26(24-21)29(27,28)20-13-23-25(4)14-20/h5-14H,1-4H3. The number of benzene rings is 2. The van der Waals surface area contributed by atoms with E-state index in [9.17, 15) is 8.42 Å². The van der Waals surface area contributed by atoms with Gasteiger partial charge in [-0.3, -0.25) is 4.68 Å². The molecule has 6 nitrogen and oxygen atoms in total. The lowest BCUT2D eigenvalue weighted by Crippen LogP contribution is -2.15. The van der Waals surface area contributed by atoms with Crippen LogP contribution in [0.3, 0.4) is 0 Å². The molecule has 0 N–H and O–H groups in total. The summed E-state index contributed by atoms with van der Waals surface area (Å²) in [7, 11) is -2.22. The Morgan fingerprint density at radius 1 is 0.828 bits per heavy atom. The Kier molecular flexibility index (Phi) is 4.62. The molecule has 0 amide bonds. The van der Waals surface area contributed by atoms with Crippen molar-refractivity contribution in [2.24, 2.45) is 7.05 Å².